The number of carbonyl (C=O) groups excluding carboxylic acids is 1. The third-order valence-corrected chi connectivity index (χ3v) is 3.70. The van der Waals surface area contributed by atoms with Crippen LogP contribution in [0.3, 0.4) is 0 Å². The molecule has 0 unspecified atom stereocenters. The number of carbonyl (C=O) groups is 1. The van der Waals surface area contributed by atoms with E-state index in [-0.39, 0.29) is 18.3 Å². The zero-order chi connectivity index (χ0) is 14.5. The Balaban J connectivity index is 2.15. The first-order valence-electron chi connectivity index (χ1n) is 5.96. The van der Waals surface area contributed by atoms with Crippen LogP contribution in [0.1, 0.15) is 20.1 Å². The molecule has 1 aromatic carbocycles. The molecule has 0 aliphatic rings. The van der Waals surface area contributed by atoms with Crippen molar-refractivity contribution < 1.29 is 9.18 Å². The second kappa shape index (κ2) is 6.33. The van der Waals surface area contributed by atoms with Gasteiger partial charge in [0.15, 0.2) is 0 Å². The Bertz CT molecular complexity index is 680. The van der Waals surface area contributed by atoms with Crippen molar-refractivity contribution >= 4 is 22.9 Å². The Kier molecular flexibility index (Phi) is 4.51. The van der Waals surface area contributed by atoms with Crippen LogP contribution in [0, 0.1) is 24.6 Å². The van der Waals surface area contributed by atoms with Crippen molar-refractivity contribution in [2.24, 2.45) is 5.73 Å². The molecule has 20 heavy (non-hydrogen) atoms. The number of rotatable bonds is 2. The normalized spacial score (nSPS) is 9.75. The SMILES string of the molecule is Cc1cc(C(=O)Nc2ccc(F)cc2)sc1C#CCN. The summed E-state index contributed by atoms with van der Waals surface area (Å²) in [5.41, 5.74) is 6.83. The maximum atomic E-state index is 12.8. The molecular weight excluding hydrogens is 275 g/mol. The highest BCUT2D eigenvalue weighted by atomic mass is 32.1. The first kappa shape index (κ1) is 14.3. The highest BCUT2D eigenvalue weighted by molar-refractivity contribution is 7.14. The maximum absolute atomic E-state index is 12.8. The molecule has 2 aromatic rings. The number of hydrogen-bond acceptors (Lipinski definition) is 3. The summed E-state index contributed by atoms with van der Waals surface area (Å²) in [7, 11) is 0. The zero-order valence-corrected chi connectivity index (χ0v) is 11.7. The van der Waals surface area contributed by atoms with Crippen LogP contribution < -0.4 is 11.1 Å². The predicted molar refractivity (Wildman–Crippen MR) is 79.3 cm³/mol. The summed E-state index contributed by atoms with van der Waals surface area (Å²) in [6.45, 7) is 2.18. The van der Waals surface area contributed by atoms with Crippen molar-refractivity contribution in [3.63, 3.8) is 0 Å². The number of hydrogen-bond donors (Lipinski definition) is 2. The van der Waals surface area contributed by atoms with Crippen LogP contribution in [0.25, 0.3) is 0 Å². The molecule has 0 spiro atoms. The Labute approximate surface area is 120 Å². The van der Waals surface area contributed by atoms with Crippen molar-refractivity contribution in [1.82, 2.24) is 0 Å². The van der Waals surface area contributed by atoms with E-state index >= 15 is 0 Å². The van der Waals surface area contributed by atoms with E-state index in [1.165, 1.54) is 35.6 Å². The second-order valence-corrected chi connectivity index (χ2v) is 5.14. The summed E-state index contributed by atoms with van der Waals surface area (Å²) < 4.78 is 12.8. The van der Waals surface area contributed by atoms with Crippen molar-refractivity contribution in [3.8, 4) is 11.8 Å². The molecule has 0 aliphatic heterocycles. The van der Waals surface area contributed by atoms with Crippen LogP contribution in [-0.4, -0.2) is 12.5 Å². The van der Waals surface area contributed by atoms with Gasteiger partial charge in [-0.3, -0.25) is 4.79 Å². The topological polar surface area (TPSA) is 55.1 Å². The monoisotopic (exact) mass is 288 g/mol. The van der Waals surface area contributed by atoms with Gasteiger partial charge in [-0.1, -0.05) is 11.8 Å². The molecule has 1 aromatic heterocycles. The van der Waals surface area contributed by atoms with Gasteiger partial charge in [0.05, 0.1) is 16.3 Å². The summed E-state index contributed by atoms with van der Waals surface area (Å²) in [5.74, 6) is 5.13. The molecule has 0 atom stereocenters. The summed E-state index contributed by atoms with van der Waals surface area (Å²) in [5, 5.41) is 2.71. The number of nitrogens with one attached hydrogen (secondary N) is 1. The fourth-order valence-corrected chi connectivity index (χ4v) is 2.52. The maximum Gasteiger partial charge on any atom is 0.265 e. The quantitative estimate of drug-likeness (QED) is 0.835. The van der Waals surface area contributed by atoms with Gasteiger partial charge < -0.3 is 11.1 Å². The van der Waals surface area contributed by atoms with Crippen LogP contribution in [0.5, 0.6) is 0 Å². The third-order valence-electron chi connectivity index (χ3n) is 2.55. The van der Waals surface area contributed by atoms with Gasteiger partial charge in [-0.05, 0) is 42.8 Å². The smallest absolute Gasteiger partial charge is 0.265 e. The molecular formula is C15H13FN2OS. The lowest BCUT2D eigenvalue weighted by molar-refractivity contribution is 0.103. The van der Waals surface area contributed by atoms with Crippen LogP contribution in [0.4, 0.5) is 10.1 Å². The Hall–Kier alpha value is -2.16. The second-order valence-electron chi connectivity index (χ2n) is 4.09. The molecule has 2 rings (SSSR count). The molecule has 0 aliphatic carbocycles. The molecule has 102 valence electrons. The number of nitrogens with two attached hydrogens (primary N) is 1. The van der Waals surface area contributed by atoms with E-state index in [1.54, 1.807) is 6.07 Å². The number of benzene rings is 1. The lowest BCUT2D eigenvalue weighted by Gasteiger charge is -2.02. The first-order chi connectivity index (χ1) is 9.60. The molecule has 5 heteroatoms. The number of halogens is 1. The van der Waals surface area contributed by atoms with Gasteiger partial charge >= 0.3 is 0 Å². The summed E-state index contributed by atoms with van der Waals surface area (Å²) in [4.78, 5) is 13.5. The number of aryl methyl sites for hydroxylation is 1. The largest absolute Gasteiger partial charge is 0.321 e. The zero-order valence-electron chi connectivity index (χ0n) is 10.9. The van der Waals surface area contributed by atoms with Gasteiger partial charge in [-0.25, -0.2) is 4.39 Å². The van der Waals surface area contributed by atoms with E-state index in [4.69, 9.17) is 5.73 Å². The summed E-state index contributed by atoms with van der Waals surface area (Å²) in [6.07, 6.45) is 0. The summed E-state index contributed by atoms with van der Waals surface area (Å²) in [6, 6.07) is 7.41. The van der Waals surface area contributed by atoms with E-state index in [1.807, 2.05) is 6.92 Å². The van der Waals surface area contributed by atoms with Crippen LogP contribution in [0.15, 0.2) is 30.3 Å². The fourth-order valence-electron chi connectivity index (χ4n) is 1.58. The van der Waals surface area contributed by atoms with Crippen LogP contribution in [-0.2, 0) is 0 Å². The van der Waals surface area contributed by atoms with Gasteiger partial charge in [0.1, 0.15) is 5.82 Å². The predicted octanol–water partition coefficient (Wildman–Crippen LogP) is 2.76. The third kappa shape index (κ3) is 3.44. The minimum atomic E-state index is -0.339. The molecule has 3 nitrogen and oxygen atoms in total. The van der Waals surface area contributed by atoms with Crippen molar-refractivity contribution in [2.75, 3.05) is 11.9 Å². The number of amides is 1. The molecule has 3 N–H and O–H groups in total. The number of thiophene rings is 1. The van der Waals surface area contributed by atoms with Gasteiger partial charge in [-0.15, -0.1) is 11.3 Å². The standard InChI is InChI=1S/C15H13FN2OS/c1-10-9-14(20-13(10)3-2-8-17)15(19)18-12-6-4-11(16)5-7-12/h4-7,9H,8,17H2,1H3,(H,18,19). The van der Waals surface area contributed by atoms with Gasteiger partial charge in [-0.2, -0.15) is 0 Å². The van der Waals surface area contributed by atoms with Crippen molar-refractivity contribution in [3.05, 3.63) is 51.5 Å². The van der Waals surface area contributed by atoms with Gasteiger partial charge in [0, 0.05) is 5.69 Å². The highest BCUT2D eigenvalue weighted by Gasteiger charge is 2.11. The van der Waals surface area contributed by atoms with Crippen LogP contribution in [0.2, 0.25) is 0 Å². The average Bonchev–Trinajstić information content (AvgIpc) is 2.80. The number of anilines is 1. The first-order valence-corrected chi connectivity index (χ1v) is 6.78. The Morgan fingerprint density at radius 1 is 1.40 bits per heavy atom. The Morgan fingerprint density at radius 2 is 2.10 bits per heavy atom. The van der Waals surface area contributed by atoms with E-state index in [9.17, 15) is 9.18 Å². The highest BCUT2D eigenvalue weighted by Crippen LogP contribution is 2.22. The van der Waals surface area contributed by atoms with E-state index < -0.39 is 0 Å². The molecule has 0 saturated carbocycles. The van der Waals surface area contributed by atoms with E-state index in [2.05, 4.69) is 17.2 Å². The fraction of sp³-hybridized carbons (Fsp3) is 0.133. The Morgan fingerprint density at radius 3 is 2.75 bits per heavy atom. The molecule has 0 radical (unpaired) electrons. The van der Waals surface area contributed by atoms with Crippen molar-refractivity contribution in [1.29, 1.82) is 0 Å². The summed E-state index contributed by atoms with van der Waals surface area (Å²) >= 11 is 1.31. The van der Waals surface area contributed by atoms with E-state index in [0.717, 1.165) is 10.4 Å². The van der Waals surface area contributed by atoms with Crippen LogP contribution >= 0.6 is 11.3 Å². The molecule has 0 saturated heterocycles. The molecule has 1 heterocycles. The molecule has 0 fully saturated rings. The lowest BCUT2D eigenvalue weighted by atomic mass is 10.2. The average molecular weight is 288 g/mol. The van der Waals surface area contributed by atoms with E-state index in [0.29, 0.717) is 10.6 Å². The molecule has 0 bridgehead atoms. The molecule has 1 amide bonds. The van der Waals surface area contributed by atoms with Gasteiger partial charge in [0.2, 0.25) is 0 Å². The minimum Gasteiger partial charge on any atom is -0.321 e. The van der Waals surface area contributed by atoms with Crippen molar-refractivity contribution in [2.45, 2.75) is 6.92 Å². The minimum absolute atomic E-state index is 0.231. The lowest BCUT2D eigenvalue weighted by Crippen LogP contribution is -2.09. The van der Waals surface area contributed by atoms with Gasteiger partial charge in [0.25, 0.3) is 5.91 Å².